The predicted molar refractivity (Wildman–Crippen MR) is 37.2 cm³/mol. The molecule has 1 heterocycles. The van der Waals surface area contributed by atoms with Gasteiger partial charge in [0.1, 0.15) is 0 Å². The number of nitrogens with one attached hydrogen (secondary N) is 1. The van der Waals surface area contributed by atoms with Crippen LogP contribution in [0.4, 0.5) is 0 Å². The van der Waals surface area contributed by atoms with Crippen molar-refractivity contribution in [3.05, 3.63) is 12.2 Å². The maximum atomic E-state index is 8.42. The molecule has 0 radical (unpaired) electrons. The minimum Gasteiger partial charge on any atom is -0.392 e. The van der Waals surface area contributed by atoms with Crippen LogP contribution < -0.4 is 5.32 Å². The van der Waals surface area contributed by atoms with Crippen molar-refractivity contribution in [2.45, 2.75) is 6.42 Å². The van der Waals surface area contributed by atoms with Crippen molar-refractivity contribution in [1.82, 2.24) is 5.32 Å². The van der Waals surface area contributed by atoms with E-state index in [0.717, 1.165) is 13.1 Å². The molecule has 2 N–H and O–H groups in total. The zero-order chi connectivity index (χ0) is 6.53. The van der Waals surface area contributed by atoms with E-state index in [2.05, 4.69) is 11.4 Å². The molecule has 1 aliphatic rings. The molecule has 2 heteroatoms. The largest absolute Gasteiger partial charge is 0.392 e. The van der Waals surface area contributed by atoms with E-state index in [-0.39, 0.29) is 6.61 Å². The molecule has 0 aromatic heterocycles. The van der Waals surface area contributed by atoms with E-state index in [1.54, 1.807) is 0 Å². The molecule has 52 valence electrons. The Labute approximate surface area is 55.6 Å². The van der Waals surface area contributed by atoms with Crippen LogP contribution in [-0.4, -0.2) is 24.8 Å². The summed E-state index contributed by atoms with van der Waals surface area (Å²) in [4.78, 5) is 0. The summed E-state index contributed by atoms with van der Waals surface area (Å²) in [6.07, 6.45) is 5.12. The highest BCUT2D eigenvalue weighted by Gasteiger charge is 2.09. The second-order valence-electron chi connectivity index (χ2n) is 2.36. The molecule has 0 aliphatic carbocycles. The fourth-order valence-corrected chi connectivity index (χ4v) is 1.09. The molecule has 1 aliphatic heterocycles. The van der Waals surface area contributed by atoms with Crippen molar-refractivity contribution < 1.29 is 5.11 Å². The minimum absolute atomic E-state index is 0.177. The van der Waals surface area contributed by atoms with E-state index in [1.807, 2.05) is 6.08 Å². The van der Waals surface area contributed by atoms with Crippen molar-refractivity contribution in [2.75, 3.05) is 19.7 Å². The summed E-state index contributed by atoms with van der Waals surface area (Å²) >= 11 is 0. The first-order valence-electron chi connectivity index (χ1n) is 3.41. The summed E-state index contributed by atoms with van der Waals surface area (Å²) in [6, 6.07) is 0. The van der Waals surface area contributed by atoms with Gasteiger partial charge < -0.3 is 10.4 Å². The van der Waals surface area contributed by atoms with Gasteiger partial charge in [-0.25, -0.2) is 0 Å². The second-order valence-corrected chi connectivity index (χ2v) is 2.36. The highest BCUT2D eigenvalue weighted by atomic mass is 16.2. The minimum atomic E-state index is 0.177. The van der Waals surface area contributed by atoms with Crippen LogP contribution in [0.1, 0.15) is 6.42 Å². The Morgan fingerprint density at radius 1 is 1.67 bits per heavy atom. The Balaban J connectivity index is 2.18. The highest BCUT2D eigenvalue weighted by molar-refractivity contribution is 4.91. The molecule has 9 heavy (non-hydrogen) atoms. The monoisotopic (exact) mass is 127 g/mol. The van der Waals surface area contributed by atoms with Gasteiger partial charge in [-0.05, 0) is 18.9 Å². The van der Waals surface area contributed by atoms with E-state index in [4.69, 9.17) is 5.11 Å². The smallest absolute Gasteiger partial charge is 0.0612 e. The van der Waals surface area contributed by atoms with Gasteiger partial charge in [0, 0.05) is 6.54 Å². The predicted octanol–water partition coefficient (Wildman–Crippen LogP) is 0.144. The Bertz CT molecular complexity index is 95.1. The van der Waals surface area contributed by atoms with E-state index < -0.39 is 0 Å². The summed E-state index contributed by atoms with van der Waals surface area (Å²) < 4.78 is 0. The molecular weight excluding hydrogens is 114 g/mol. The lowest BCUT2D eigenvalue weighted by atomic mass is 10.1. The normalized spacial score (nSPS) is 27.9. The van der Waals surface area contributed by atoms with E-state index in [0.29, 0.717) is 5.92 Å². The molecule has 0 spiro atoms. The zero-order valence-corrected chi connectivity index (χ0v) is 5.51. The fourth-order valence-electron chi connectivity index (χ4n) is 1.09. The molecule has 1 fully saturated rings. The Morgan fingerprint density at radius 3 is 3.11 bits per heavy atom. The molecule has 1 unspecified atom stereocenters. The number of aliphatic hydroxyl groups is 1. The number of aliphatic hydroxyl groups excluding tert-OH is 1. The molecule has 0 saturated carbocycles. The average molecular weight is 127 g/mol. The standard InChI is InChI=1S/C7H13NO/c9-5-1-2-7-3-4-8-6-7/h1-2,7-9H,3-6H2/b2-1+. The van der Waals surface area contributed by atoms with Crippen LogP contribution in [0.5, 0.6) is 0 Å². The zero-order valence-electron chi connectivity index (χ0n) is 5.51. The maximum Gasteiger partial charge on any atom is 0.0612 e. The number of hydrogen-bond donors (Lipinski definition) is 2. The fraction of sp³-hybridized carbons (Fsp3) is 0.714. The van der Waals surface area contributed by atoms with Gasteiger partial charge in [0.2, 0.25) is 0 Å². The lowest BCUT2D eigenvalue weighted by Crippen LogP contribution is -2.07. The van der Waals surface area contributed by atoms with Crippen LogP contribution in [-0.2, 0) is 0 Å². The van der Waals surface area contributed by atoms with Gasteiger partial charge in [-0.2, -0.15) is 0 Å². The molecule has 1 atom stereocenters. The molecule has 0 amide bonds. The van der Waals surface area contributed by atoms with E-state index in [9.17, 15) is 0 Å². The van der Waals surface area contributed by atoms with Crippen LogP contribution in [0.3, 0.4) is 0 Å². The van der Waals surface area contributed by atoms with Gasteiger partial charge in [-0.3, -0.25) is 0 Å². The van der Waals surface area contributed by atoms with Gasteiger partial charge in [-0.1, -0.05) is 12.2 Å². The topological polar surface area (TPSA) is 32.3 Å². The second kappa shape index (κ2) is 3.64. The van der Waals surface area contributed by atoms with Crippen LogP contribution in [0.15, 0.2) is 12.2 Å². The SMILES string of the molecule is OC/C=C/C1CCNC1. The van der Waals surface area contributed by atoms with Crippen LogP contribution in [0.2, 0.25) is 0 Å². The van der Waals surface area contributed by atoms with Gasteiger partial charge in [0.25, 0.3) is 0 Å². The summed E-state index contributed by atoms with van der Waals surface area (Å²) in [5.41, 5.74) is 0. The molecule has 0 bridgehead atoms. The summed E-state index contributed by atoms with van der Waals surface area (Å²) in [7, 11) is 0. The third kappa shape index (κ3) is 2.16. The molecule has 1 rings (SSSR count). The summed E-state index contributed by atoms with van der Waals surface area (Å²) in [5, 5.41) is 11.7. The molecule has 0 aromatic carbocycles. The van der Waals surface area contributed by atoms with Gasteiger partial charge in [-0.15, -0.1) is 0 Å². The quantitative estimate of drug-likeness (QED) is 0.517. The maximum absolute atomic E-state index is 8.42. The molecule has 2 nitrogen and oxygen atoms in total. The van der Waals surface area contributed by atoms with E-state index in [1.165, 1.54) is 6.42 Å². The summed E-state index contributed by atoms with van der Waals surface area (Å²) in [5.74, 6) is 0.664. The third-order valence-corrected chi connectivity index (χ3v) is 1.61. The summed E-state index contributed by atoms with van der Waals surface area (Å²) in [6.45, 7) is 2.38. The highest BCUT2D eigenvalue weighted by Crippen LogP contribution is 2.07. The Hall–Kier alpha value is -0.340. The molecule has 0 aromatic rings. The van der Waals surface area contributed by atoms with Crippen molar-refractivity contribution >= 4 is 0 Å². The number of hydrogen-bond acceptors (Lipinski definition) is 2. The lowest BCUT2D eigenvalue weighted by Gasteiger charge is -1.96. The van der Waals surface area contributed by atoms with Crippen molar-refractivity contribution in [1.29, 1.82) is 0 Å². The number of rotatable bonds is 2. The van der Waals surface area contributed by atoms with Crippen molar-refractivity contribution in [2.24, 2.45) is 5.92 Å². The molecular formula is C7H13NO. The van der Waals surface area contributed by atoms with Crippen LogP contribution >= 0.6 is 0 Å². The lowest BCUT2D eigenvalue weighted by molar-refractivity contribution is 0.342. The first-order chi connectivity index (χ1) is 4.43. The van der Waals surface area contributed by atoms with Crippen molar-refractivity contribution in [3.63, 3.8) is 0 Å². The first-order valence-corrected chi connectivity index (χ1v) is 3.41. The Morgan fingerprint density at radius 2 is 2.56 bits per heavy atom. The van der Waals surface area contributed by atoms with E-state index >= 15 is 0 Å². The molecule has 1 saturated heterocycles. The first kappa shape index (κ1) is 6.78. The Kier molecular flexibility index (Phi) is 2.74. The third-order valence-electron chi connectivity index (χ3n) is 1.61. The van der Waals surface area contributed by atoms with Gasteiger partial charge >= 0.3 is 0 Å². The van der Waals surface area contributed by atoms with Gasteiger partial charge in [0.05, 0.1) is 6.61 Å². The average Bonchev–Trinajstić information content (AvgIpc) is 2.34. The van der Waals surface area contributed by atoms with Crippen LogP contribution in [0.25, 0.3) is 0 Å². The van der Waals surface area contributed by atoms with Crippen LogP contribution in [0, 0.1) is 5.92 Å². The van der Waals surface area contributed by atoms with Gasteiger partial charge in [0.15, 0.2) is 0 Å². The van der Waals surface area contributed by atoms with Crippen molar-refractivity contribution in [3.8, 4) is 0 Å².